The fourth-order valence-electron chi connectivity index (χ4n) is 2.96. The van der Waals surface area contributed by atoms with E-state index in [0.717, 1.165) is 5.56 Å². The lowest BCUT2D eigenvalue weighted by molar-refractivity contribution is -0.383. The van der Waals surface area contributed by atoms with E-state index in [0.29, 0.717) is 22.2 Å². The van der Waals surface area contributed by atoms with Crippen LogP contribution in [0.4, 0.5) is 23.0 Å². The second kappa shape index (κ2) is 9.76. The van der Waals surface area contributed by atoms with E-state index >= 15 is 0 Å². The minimum absolute atomic E-state index is 0.0726. The SMILES string of the molecule is O=[N+]([O-])c1c(NCc2ccccc2Cl)ncnc1Nc1ccc(Oc2ccccc2)cc1. The number of rotatable bonds is 8. The lowest BCUT2D eigenvalue weighted by Crippen LogP contribution is -2.08. The topological polar surface area (TPSA) is 102 Å². The summed E-state index contributed by atoms with van der Waals surface area (Å²) in [6, 6.07) is 23.7. The highest BCUT2D eigenvalue weighted by Gasteiger charge is 2.23. The molecule has 32 heavy (non-hydrogen) atoms. The van der Waals surface area contributed by atoms with Crippen LogP contribution in [0.1, 0.15) is 5.56 Å². The van der Waals surface area contributed by atoms with Crippen LogP contribution in [-0.4, -0.2) is 14.9 Å². The first-order valence-corrected chi connectivity index (χ1v) is 10.0. The third kappa shape index (κ3) is 5.11. The highest BCUT2D eigenvalue weighted by atomic mass is 35.5. The lowest BCUT2D eigenvalue weighted by Gasteiger charge is -2.11. The summed E-state index contributed by atoms with van der Waals surface area (Å²) in [4.78, 5) is 19.3. The van der Waals surface area contributed by atoms with Gasteiger partial charge in [-0.2, -0.15) is 0 Å². The van der Waals surface area contributed by atoms with Gasteiger partial charge in [0.05, 0.1) is 4.92 Å². The van der Waals surface area contributed by atoms with Crippen molar-refractivity contribution in [3.05, 3.63) is 106 Å². The summed E-state index contributed by atoms with van der Waals surface area (Å²) >= 11 is 6.17. The second-order valence-corrected chi connectivity index (χ2v) is 7.09. The van der Waals surface area contributed by atoms with Gasteiger partial charge in [-0.05, 0) is 48.0 Å². The molecule has 1 aromatic heterocycles. The molecule has 8 nitrogen and oxygen atoms in total. The number of nitrogens with zero attached hydrogens (tertiary/aromatic N) is 3. The Morgan fingerprint density at radius 1 is 0.875 bits per heavy atom. The van der Waals surface area contributed by atoms with Crippen molar-refractivity contribution >= 4 is 34.6 Å². The molecule has 9 heteroatoms. The lowest BCUT2D eigenvalue weighted by atomic mass is 10.2. The van der Waals surface area contributed by atoms with Crippen LogP contribution in [0.25, 0.3) is 0 Å². The summed E-state index contributed by atoms with van der Waals surface area (Å²) < 4.78 is 5.77. The van der Waals surface area contributed by atoms with E-state index in [1.807, 2.05) is 48.5 Å². The number of halogens is 1. The van der Waals surface area contributed by atoms with Crippen LogP contribution < -0.4 is 15.4 Å². The van der Waals surface area contributed by atoms with E-state index in [4.69, 9.17) is 16.3 Å². The summed E-state index contributed by atoms with van der Waals surface area (Å²) in [7, 11) is 0. The van der Waals surface area contributed by atoms with Crippen LogP contribution in [0.3, 0.4) is 0 Å². The number of anilines is 3. The third-order valence-corrected chi connectivity index (χ3v) is 4.87. The first-order chi connectivity index (χ1) is 15.6. The second-order valence-electron chi connectivity index (χ2n) is 6.69. The van der Waals surface area contributed by atoms with Gasteiger partial charge in [0.2, 0.25) is 11.6 Å². The van der Waals surface area contributed by atoms with Gasteiger partial charge in [-0.25, -0.2) is 9.97 Å². The number of nitrogens with one attached hydrogen (secondary N) is 2. The van der Waals surface area contributed by atoms with Crippen LogP contribution in [0.15, 0.2) is 85.2 Å². The number of hydrogen-bond acceptors (Lipinski definition) is 7. The molecule has 0 aliphatic carbocycles. The number of benzene rings is 3. The maximum atomic E-state index is 11.8. The molecule has 0 saturated heterocycles. The molecule has 0 saturated carbocycles. The van der Waals surface area contributed by atoms with Crippen molar-refractivity contribution in [1.82, 2.24) is 9.97 Å². The van der Waals surface area contributed by atoms with Gasteiger partial charge in [-0.3, -0.25) is 10.1 Å². The van der Waals surface area contributed by atoms with Crippen molar-refractivity contribution in [1.29, 1.82) is 0 Å². The molecule has 0 amide bonds. The molecular weight excluding hydrogens is 430 g/mol. The quantitative estimate of drug-likeness (QED) is 0.245. The average Bonchev–Trinajstić information content (AvgIpc) is 2.80. The molecule has 0 aliphatic rings. The number of hydrogen-bond donors (Lipinski definition) is 2. The van der Waals surface area contributed by atoms with Crippen molar-refractivity contribution in [3.63, 3.8) is 0 Å². The zero-order chi connectivity index (χ0) is 22.3. The zero-order valence-electron chi connectivity index (χ0n) is 16.7. The minimum Gasteiger partial charge on any atom is -0.457 e. The Kier molecular flexibility index (Phi) is 6.43. The number of ether oxygens (including phenoxy) is 1. The Hall–Kier alpha value is -4.17. The monoisotopic (exact) mass is 447 g/mol. The summed E-state index contributed by atoms with van der Waals surface area (Å²) in [6.45, 7) is 0.280. The van der Waals surface area contributed by atoms with Gasteiger partial charge in [0.15, 0.2) is 0 Å². The molecule has 0 bridgehead atoms. The van der Waals surface area contributed by atoms with E-state index in [-0.39, 0.29) is 23.9 Å². The molecule has 0 unspecified atom stereocenters. The van der Waals surface area contributed by atoms with E-state index < -0.39 is 4.92 Å². The van der Waals surface area contributed by atoms with Crippen molar-refractivity contribution in [2.45, 2.75) is 6.54 Å². The highest BCUT2D eigenvalue weighted by Crippen LogP contribution is 2.32. The molecule has 0 radical (unpaired) electrons. The maximum absolute atomic E-state index is 11.8. The normalized spacial score (nSPS) is 10.4. The van der Waals surface area contributed by atoms with E-state index in [9.17, 15) is 10.1 Å². The molecule has 1 heterocycles. The number of nitro groups is 1. The van der Waals surface area contributed by atoms with Crippen molar-refractivity contribution < 1.29 is 9.66 Å². The third-order valence-electron chi connectivity index (χ3n) is 4.50. The van der Waals surface area contributed by atoms with E-state index in [1.165, 1.54) is 6.33 Å². The standard InChI is InChI=1S/C23H18ClN5O3/c24-20-9-5-4-6-16(20)14-25-22-21(29(30)31)23(27-15-26-22)28-17-10-12-19(13-11-17)32-18-7-2-1-3-8-18/h1-13,15H,14H2,(H2,25,26,27,28). The predicted molar refractivity (Wildman–Crippen MR) is 124 cm³/mol. The van der Waals surface area contributed by atoms with Crippen molar-refractivity contribution in [2.24, 2.45) is 0 Å². The fourth-order valence-corrected chi connectivity index (χ4v) is 3.16. The van der Waals surface area contributed by atoms with E-state index in [1.54, 1.807) is 30.3 Å². The molecule has 0 aliphatic heterocycles. The minimum atomic E-state index is -0.524. The van der Waals surface area contributed by atoms with Crippen molar-refractivity contribution in [3.8, 4) is 11.5 Å². The largest absolute Gasteiger partial charge is 0.457 e. The first-order valence-electron chi connectivity index (χ1n) is 9.67. The Morgan fingerprint density at radius 3 is 2.25 bits per heavy atom. The van der Waals surface area contributed by atoms with Crippen LogP contribution in [0.5, 0.6) is 11.5 Å². The summed E-state index contributed by atoms with van der Waals surface area (Å²) in [5.41, 5.74) is 1.15. The molecule has 3 aromatic carbocycles. The average molecular weight is 448 g/mol. The number of aromatic nitrogens is 2. The van der Waals surface area contributed by atoms with Gasteiger partial charge in [-0.15, -0.1) is 0 Å². The van der Waals surface area contributed by atoms with Gasteiger partial charge >= 0.3 is 5.69 Å². The first kappa shape index (κ1) is 21.1. The molecule has 0 spiro atoms. The van der Waals surface area contributed by atoms with Gasteiger partial charge < -0.3 is 15.4 Å². The van der Waals surface area contributed by atoms with Gasteiger partial charge in [0.1, 0.15) is 17.8 Å². The van der Waals surface area contributed by atoms with Crippen LogP contribution in [-0.2, 0) is 6.54 Å². The molecular formula is C23H18ClN5O3. The van der Waals surface area contributed by atoms with Crippen molar-refractivity contribution in [2.75, 3.05) is 10.6 Å². The molecule has 0 atom stereocenters. The van der Waals surface area contributed by atoms with Crippen LogP contribution in [0.2, 0.25) is 5.02 Å². The molecule has 0 fully saturated rings. The van der Waals surface area contributed by atoms with Gasteiger partial charge in [0.25, 0.3) is 0 Å². The molecule has 4 aromatic rings. The van der Waals surface area contributed by atoms with Crippen LogP contribution >= 0.6 is 11.6 Å². The predicted octanol–water partition coefficient (Wildman–Crippen LogP) is 6.19. The number of para-hydroxylation sites is 1. The Bertz CT molecular complexity index is 1220. The Morgan fingerprint density at radius 2 is 1.53 bits per heavy atom. The fraction of sp³-hybridized carbons (Fsp3) is 0.0435. The molecule has 2 N–H and O–H groups in total. The Labute approximate surface area is 189 Å². The summed E-state index contributed by atoms with van der Waals surface area (Å²) in [6.07, 6.45) is 1.26. The maximum Gasteiger partial charge on any atom is 0.353 e. The zero-order valence-corrected chi connectivity index (χ0v) is 17.5. The highest BCUT2D eigenvalue weighted by molar-refractivity contribution is 6.31. The van der Waals surface area contributed by atoms with Crippen LogP contribution in [0, 0.1) is 10.1 Å². The molecule has 4 rings (SSSR count). The van der Waals surface area contributed by atoms with E-state index in [2.05, 4.69) is 20.6 Å². The van der Waals surface area contributed by atoms with Gasteiger partial charge in [0, 0.05) is 17.3 Å². The Balaban J connectivity index is 1.51. The smallest absolute Gasteiger partial charge is 0.353 e. The van der Waals surface area contributed by atoms with Gasteiger partial charge in [-0.1, -0.05) is 48.0 Å². The molecule has 160 valence electrons. The summed E-state index contributed by atoms with van der Waals surface area (Å²) in [5.74, 6) is 1.52. The summed E-state index contributed by atoms with van der Waals surface area (Å²) in [5, 5.41) is 18.3.